The minimum absolute atomic E-state index is 0.0677. The molecule has 1 aromatic rings. The Kier molecular flexibility index (Phi) is 17.6. The number of carbonyl (C=O) groups is 1. The van der Waals surface area contributed by atoms with Crippen LogP contribution in [0.1, 0.15) is 111 Å². The Labute approximate surface area is 460 Å². The molecular weight excluding hydrogens is 1040 g/mol. The zero-order valence-corrected chi connectivity index (χ0v) is 46.1. The Bertz CT molecular complexity index is 2280. The Morgan fingerprint density at radius 3 is 1.85 bits per heavy atom. The van der Waals surface area contributed by atoms with E-state index in [1.807, 2.05) is 6.92 Å². The minimum Gasteiger partial charge on any atom is -0.508 e. The second kappa shape index (κ2) is 22.8. The highest BCUT2D eigenvalue weighted by Gasteiger charge is 2.84. The Morgan fingerprint density at radius 2 is 1.27 bits per heavy atom. The molecular formula is C57H88O22. The molecule has 5 unspecified atom stereocenters. The lowest BCUT2D eigenvalue weighted by Crippen LogP contribution is -2.65. The van der Waals surface area contributed by atoms with Crippen molar-refractivity contribution in [2.75, 3.05) is 26.4 Å². The van der Waals surface area contributed by atoms with Crippen LogP contribution in [-0.4, -0.2) is 220 Å². The van der Waals surface area contributed by atoms with Gasteiger partial charge in [-0.2, -0.15) is 0 Å². The number of hydrogen-bond donors (Lipinski definition) is 14. The summed E-state index contributed by atoms with van der Waals surface area (Å²) in [6.07, 6.45) is -16.8. The van der Waals surface area contributed by atoms with Gasteiger partial charge in [0, 0.05) is 11.5 Å². The first-order valence-corrected chi connectivity index (χ1v) is 28.4. The smallest absolute Gasteiger partial charge is 0.330 e. The van der Waals surface area contributed by atoms with Crippen molar-refractivity contribution in [3.63, 3.8) is 0 Å². The quantitative estimate of drug-likeness (QED) is 0.0511. The van der Waals surface area contributed by atoms with E-state index in [-0.39, 0.29) is 64.1 Å². The predicted octanol–water partition coefficient (Wildman–Crippen LogP) is -0.280. The highest BCUT2D eigenvalue weighted by Crippen LogP contribution is 2.89. The summed E-state index contributed by atoms with van der Waals surface area (Å²) >= 11 is 0. The fraction of sp³-hybridized carbons (Fsp3) is 0.842. The van der Waals surface area contributed by atoms with Crippen molar-refractivity contribution in [3.8, 4) is 5.75 Å². The van der Waals surface area contributed by atoms with Crippen LogP contribution in [0.3, 0.4) is 0 Å². The largest absolute Gasteiger partial charge is 0.508 e. The van der Waals surface area contributed by atoms with E-state index in [1.165, 1.54) is 18.2 Å². The summed E-state index contributed by atoms with van der Waals surface area (Å²) in [5.74, 6) is -0.584. The van der Waals surface area contributed by atoms with Crippen LogP contribution in [0.25, 0.3) is 6.08 Å². The molecule has 27 atom stereocenters. The van der Waals surface area contributed by atoms with Crippen molar-refractivity contribution in [3.05, 3.63) is 35.9 Å². The number of phenolic OH excluding ortho intramolecular Hbond substituents is 1. The van der Waals surface area contributed by atoms with E-state index in [4.69, 9.17) is 33.2 Å². The van der Waals surface area contributed by atoms with E-state index in [0.29, 0.717) is 31.2 Å². The minimum atomic E-state index is -1.86. The molecule has 3 aliphatic heterocycles. The van der Waals surface area contributed by atoms with Crippen LogP contribution in [0.5, 0.6) is 5.75 Å². The first-order valence-electron chi connectivity index (χ1n) is 28.4. The monoisotopic (exact) mass is 1120 g/mol. The molecule has 8 aliphatic rings. The first kappa shape index (κ1) is 61.0. The van der Waals surface area contributed by atoms with Crippen molar-refractivity contribution in [2.45, 2.75) is 222 Å². The van der Waals surface area contributed by atoms with Gasteiger partial charge in [0.05, 0.1) is 50.3 Å². The number of benzene rings is 1. The third-order valence-corrected chi connectivity index (χ3v) is 21.5. The maximum atomic E-state index is 13.5. The lowest BCUT2D eigenvalue weighted by Gasteiger charge is -2.65. The summed E-state index contributed by atoms with van der Waals surface area (Å²) in [5, 5.41) is 151. The third-order valence-electron chi connectivity index (χ3n) is 21.5. The van der Waals surface area contributed by atoms with E-state index in [1.54, 1.807) is 32.1 Å². The Balaban J connectivity index is 0.921. The standard InChI is InChI=1S/C57H88O22/c1-27(7-13-36(52(2,3)72)77-51-47(44(69)41(66)34(24-60)76-51)79-50-46(71)43(68)40(65)33(23-59)75-50)30-15-17-55(6)48-31(62)21-35-53(4,26-73-38(63)14-10-28-8-11-29(61)12-9-28)37(78-49-45(70)42(67)39(64)32(22-58)74-49)16-18-56(35)25-57(48,56)20-19-54(30,55)5/h8-12,14,27,30-37,39-51,58-62,64-72H,7,13,15-26H2,1-6H3/b14-10+/t27-,30?,31+,32-,33-,34-,35?,36-,37+,39-,40-,41-,42+,43+,44+,45-,46-,47-,48?,49+,50-,51+,53-,54-,55+,56?,57?/m1/s1. The fourth-order valence-electron chi connectivity index (χ4n) is 16.9. The van der Waals surface area contributed by atoms with Gasteiger partial charge in [0.2, 0.25) is 0 Å². The molecule has 79 heavy (non-hydrogen) atoms. The summed E-state index contributed by atoms with van der Waals surface area (Å²) in [5.41, 5.74) is -2.85. The molecule has 0 aromatic heterocycles. The van der Waals surface area contributed by atoms with Gasteiger partial charge in [0.15, 0.2) is 18.9 Å². The van der Waals surface area contributed by atoms with E-state index in [2.05, 4.69) is 20.8 Å². The summed E-state index contributed by atoms with van der Waals surface area (Å²) in [6, 6.07) is 6.33. The number of ether oxygens (including phenoxy) is 7. The van der Waals surface area contributed by atoms with E-state index >= 15 is 0 Å². The summed E-state index contributed by atoms with van der Waals surface area (Å²) < 4.78 is 42.4. The average Bonchev–Trinajstić information content (AvgIpc) is 1.74. The van der Waals surface area contributed by atoms with Gasteiger partial charge in [0.25, 0.3) is 0 Å². The van der Waals surface area contributed by atoms with Crippen LogP contribution in [0.15, 0.2) is 30.3 Å². The van der Waals surface area contributed by atoms with Gasteiger partial charge in [0.1, 0.15) is 79.0 Å². The highest BCUT2D eigenvalue weighted by atomic mass is 16.8. The molecule has 8 fully saturated rings. The van der Waals surface area contributed by atoms with Crippen LogP contribution in [0.4, 0.5) is 0 Å². The molecule has 2 spiro atoms. The van der Waals surface area contributed by atoms with Gasteiger partial charge in [-0.1, -0.05) is 39.8 Å². The highest BCUT2D eigenvalue weighted by molar-refractivity contribution is 5.87. The molecule has 0 bridgehead atoms. The molecule has 5 aliphatic carbocycles. The molecule has 22 heteroatoms. The summed E-state index contributed by atoms with van der Waals surface area (Å²) in [4.78, 5) is 13.5. The molecule has 0 amide bonds. The van der Waals surface area contributed by atoms with Crippen molar-refractivity contribution in [1.82, 2.24) is 0 Å². The van der Waals surface area contributed by atoms with Crippen molar-refractivity contribution >= 4 is 12.0 Å². The number of aliphatic hydroxyl groups excluding tert-OH is 12. The predicted molar refractivity (Wildman–Crippen MR) is 275 cm³/mol. The molecule has 1 aromatic carbocycles. The molecule has 9 rings (SSSR count). The fourth-order valence-corrected chi connectivity index (χ4v) is 16.9. The van der Waals surface area contributed by atoms with Gasteiger partial charge in [-0.3, -0.25) is 0 Å². The number of hydrogen-bond acceptors (Lipinski definition) is 22. The molecule has 22 nitrogen and oxygen atoms in total. The van der Waals surface area contributed by atoms with Crippen LogP contribution in [-0.2, 0) is 38.0 Å². The lowest BCUT2D eigenvalue weighted by atomic mass is 9.41. The lowest BCUT2D eigenvalue weighted by molar-refractivity contribution is -0.375. The molecule has 3 heterocycles. The van der Waals surface area contributed by atoms with Crippen LogP contribution >= 0.6 is 0 Å². The number of aliphatic hydroxyl groups is 13. The number of aromatic hydroxyl groups is 1. The zero-order chi connectivity index (χ0) is 57.5. The van der Waals surface area contributed by atoms with Crippen LogP contribution in [0.2, 0.25) is 0 Å². The Hall–Kier alpha value is -2.53. The molecule has 0 radical (unpaired) electrons. The zero-order valence-electron chi connectivity index (χ0n) is 46.1. The van der Waals surface area contributed by atoms with Crippen LogP contribution in [0, 0.1) is 50.7 Å². The molecule has 5 saturated carbocycles. The number of rotatable bonds is 18. The maximum Gasteiger partial charge on any atom is 0.330 e. The van der Waals surface area contributed by atoms with E-state index in [0.717, 1.165) is 32.1 Å². The molecule has 14 N–H and O–H groups in total. The second-order valence-electron chi connectivity index (χ2n) is 26.0. The number of phenols is 1. The van der Waals surface area contributed by atoms with Gasteiger partial charge >= 0.3 is 5.97 Å². The maximum absolute atomic E-state index is 13.5. The third kappa shape index (κ3) is 10.6. The van der Waals surface area contributed by atoms with Gasteiger partial charge < -0.3 is 105 Å². The first-order chi connectivity index (χ1) is 37.1. The molecule has 3 saturated heterocycles. The number of fused-ring (bicyclic) bond motifs is 2. The van der Waals surface area contributed by atoms with Gasteiger partial charge in [-0.25, -0.2) is 4.79 Å². The second-order valence-corrected chi connectivity index (χ2v) is 26.0. The summed E-state index contributed by atoms with van der Waals surface area (Å²) in [7, 11) is 0. The number of carbonyl (C=O) groups excluding carboxylic acids is 1. The van der Waals surface area contributed by atoms with E-state index in [9.17, 15) is 76.3 Å². The van der Waals surface area contributed by atoms with Crippen molar-refractivity contribution in [2.24, 2.45) is 50.7 Å². The van der Waals surface area contributed by atoms with Crippen molar-refractivity contribution in [1.29, 1.82) is 0 Å². The molecule has 448 valence electrons. The Morgan fingerprint density at radius 1 is 0.696 bits per heavy atom. The number of esters is 1. The topological polar surface area (TPSA) is 365 Å². The van der Waals surface area contributed by atoms with Gasteiger partial charge in [-0.15, -0.1) is 0 Å². The van der Waals surface area contributed by atoms with Crippen LogP contribution < -0.4 is 0 Å². The van der Waals surface area contributed by atoms with Crippen molar-refractivity contribution < 1.29 is 109 Å². The normalized spacial score (nSPS) is 48.5. The SMILES string of the molecule is C[C@H](CC[C@@H](O[C@@H]1O[C@H](CO)[C@@H](O)[C@H](O)[C@H]1O[C@H]1O[C@H](CO)[C@@H](O)[C@H](O)[C@H]1O)C(C)(C)O)C1CC[C@@]2(C)C3[C@@H](O)CC4C5(CC[C@H](O[C@@H]6O[C@H](CO)[C@@H](O)[C@H](O)[C@H]6O)[C@]4(C)COC(=O)/C=C/c4ccc(O)cc4)CC35CC[C@]12C. The summed E-state index contributed by atoms with van der Waals surface area (Å²) in [6.45, 7) is 9.78. The van der Waals surface area contributed by atoms with E-state index < -0.39 is 147 Å². The average molecular weight is 1130 g/mol. The van der Waals surface area contributed by atoms with Gasteiger partial charge in [-0.05, 0) is 147 Å².